The zero-order valence-electron chi connectivity index (χ0n) is 51.0. The molecule has 0 amide bonds. The molecule has 11 aromatic carbocycles. The Bertz CT molecular complexity index is 4760. The highest BCUT2D eigenvalue weighted by Gasteiger charge is 2.45. The summed E-state index contributed by atoms with van der Waals surface area (Å²) in [7, 11) is 0. The lowest BCUT2D eigenvalue weighted by molar-refractivity contribution is 0.590. The van der Waals surface area contributed by atoms with Crippen LogP contribution in [0.25, 0.3) is 40.3 Å². The van der Waals surface area contributed by atoms with Gasteiger partial charge in [0.15, 0.2) is 0 Å². The molecule has 0 bridgehead atoms. The Morgan fingerprint density at radius 3 is 1.26 bits per heavy atom. The molecule has 2 aromatic heterocycles. The van der Waals surface area contributed by atoms with E-state index in [2.05, 4.69) is 314 Å². The first-order valence-electron chi connectivity index (χ1n) is 30.3. The molecule has 13 aromatic rings. The average molecular weight is 1150 g/mol. The maximum Gasteiger partial charge on any atom is 0.252 e. The van der Waals surface area contributed by atoms with Crippen molar-refractivity contribution >= 4 is 154 Å². The van der Waals surface area contributed by atoms with E-state index in [1.54, 1.807) is 0 Å². The minimum atomic E-state index is -0.106. The Labute approximate surface area is 514 Å². The van der Waals surface area contributed by atoms with Crippen molar-refractivity contribution in [2.75, 3.05) is 19.6 Å². The largest absolute Gasteiger partial charge is 0.311 e. The van der Waals surface area contributed by atoms with Crippen molar-refractivity contribution in [3.8, 4) is 0 Å². The summed E-state index contributed by atoms with van der Waals surface area (Å²) >= 11 is 3.79. The first kappa shape index (κ1) is 53.8. The van der Waals surface area contributed by atoms with Crippen molar-refractivity contribution in [3.05, 3.63) is 257 Å². The third kappa shape index (κ3) is 8.84. The number of hydrogen-bond donors (Lipinski definition) is 0. The maximum absolute atomic E-state index is 2.67. The molecule has 4 heterocycles. The molecule has 0 fully saturated rings. The predicted octanol–water partition coefficient (Wildman–Crippen LogP) is 21.6. The normalized spacial score (nSPS) is 13.0. The number of anilines is 12. The van der Waals surface area contributed by atoms with Crippen LogP contribution in [0, 0.1) is 34.6 Å². The zero-order valence-corrected chi connectivity index (χ0v) is 52.6. The smallest absolute Gasteiger partial charge is 0.252 e. The fraction of sp³-hybridized carbons (Fsp3) is 0.165. The van der Waals surface area contributed by atoms with E-state index in [1.165, 1.54) is 130 Å². The monoisotopic (exact) mass is 1150 g/mol. The molecule has 0 atom stereocenters. The standard InChI is InChI=1S/C79H69BN4S2/c1-48-20-30-55(31-21-48)81(56-32-22-49(2)23-33-56)59-46-68(74-60-16-12-14-18-71(60)85-73(74)47-59)84-65-39-29-54(79(9,10)11)45-63(65)80-62-44-53(78(6,7)8)28-38-64(62)83(69-42-52(5)43-70(84)76(69)80)66-40-41-67(77-75(66)61-17-13-15-19-72(61)86-77)82(57-34-24-50(3)25-35-57)58-36-26-51(4)27-37-58/h12-47H,1-11H3. The van der Waals surface area contributed by atoms with Crippen LogP contribution < -0.4 is 36.0 Å². The van der Waals surface area contributed by atoms with Gasteiger partial charge in [-0.2, -0.15) is 0 Å². The number of benzene rings is 11. The first-order valence-corrected chi connectivity index (χ1v) is 31.9. The predicted molar refractivity (Wildman–Crippen MR) is 377 cm³/mol. The lowest BCUT2D eigenvalue weighted by atomic mass is 9.33. The lowest BCUT2D eigenvalue weighted by Crippen LogP contribution is -2.61. The van der Waals surface area contributed by atoms with Crippen LogP contribution >= 0.6 is 22.7 Å². The Hall–Kier alpha value is -8.88. The van der Waals surface area contributed by atoms with Crippen LogP contribution in [0.2, 0.25) is 0 Å². The van der Waals surface area contributed by atoms with E-state index in [9.17, 15) is 0 Å². The molecular formula is C79H69BN4S2. The number of fused-ring (bicyclic) bond motifs is 10. The van der Waals surface area contributed by atoms with Gasteiger partial charge in [-0.3, -0.25) is 0 Å². The van der Waals surface area contributed by atoms with Gasteiger partial charge in [-0.05, 0) is 188 Å². The third-order valence-corrected chi connectivity index (χ3v) is 20.3. The second kappa shape index (κ2) is 20.1. The van der Waals surface area contributed by atoms with Crippen LogP contribution in [0.15, 0.2) is 218 Å². The number of nitrogens with zero attached hydrogens (tertiary/aromatic N) is 4. The molecule has 420 valence electrons. The highest BCUT2D eigenvalue weighted by atomic mass is 32.1. The van der Waals surface area contributed by atoms with Crippen molar-refractivity contribution in [2.24, 2.45) is 0 Å². The van der Waals surface area contributed by atoms with Crippen molar-refractivity contribution in [2.45, 2.75) is 87.0 Å². The average Bonchev–Trinajstić information content (AvgIpc) is 0.887. The summed E-state index contributed by atoms with van der Waals surface area (Å²) in [4.78, 5) is 10.3. The minimum Gasteiger partial charge on any atom is -0.311 e. The zero-order chi connectivity index (χ0) is 59.1. The summed E-state index contributed by atoms with van der Waals surface area (Å²) in [5.74, 6) is 0. The van der Waals surface area contributed by atoms with Gasteiger partial charge in [0.2, 0.25) is 0 Å². The van der Waals surface area contributed by atoms with E-state index in [0.29, 0.717) is 0 Å². The van der Waals surface area contributed by atoms with E-state index >= 15 is 0 Å². The Morgan fingerprint density at radius 2 is 0.767 bits per heavy atom. The van der Waals surface area contributed by atoms with Crippen molar-refractivity contribution in [1.29, 1.82) is 0 Å². The molecule has 0 radical (unpaired) electrons. The van der Waals surface area contributed by atoms with Gasteiger partial charge in [0.25, 0.3) is 6.71 Å². The molecule has 0 unspecified atom stereocenters. The highest BCUT2D eigenvalue weighted by Crippen LogP contribution is 2.55. The van der Waals surface area contributed by atoms with Crippen LogP contribution in [0.3, 0.4) is 0 Å². The molecule has 4 nitrogen and oxygen atoms in total. The van der Waals surface area contributed by atoms with Gasteiger partial charge in [0.1, 0.15) is 0 Å². The van der Waals surface area contributed by atoms with E-state index < -0.39 is 0 Å². The molecule has 0 spiro atoms. The van der Waals surface area contributed by atoms with Crippen LogP contribution in [0.1, 0.15) is 80.5 Å². The Balaban J connectivity index is 1.05. The summed E-state index contributed by atoms with van der Waals surface area (Å²) < 4.78 is 5.04. The summed E-state index contributed by atoms with van der Waals surface area (Å²) in [6.45, 7) is 25.1. The molecule has 7 heteroatoms. The Morgan fingerprint density at radius 1 is 0.337 bits per heavy atom. The van der Waals surface area contributed by atoms with E-state index in [1.807, 2.05) is 22.7 Å². The van der Waals surface area contributed by atoms with Gasteiger partial charge in [-0.1, -0.05) is 173 Å². The van der Waals surface area contributed by atoms with Gasteiger partial charge >= 0.3 is 0 Å². The van der Waals surface area contributed by atoms with Gasteiger partial charge in [-0.25, -0.2) is 0 Å². The van der Waals surface area contributed by atoms with Crippen LogP contribution in [-0.4, -0.2) is 6.71 Å². The van der Waals surface area contributed by atoms with Gasteiger partial charge in [0, 0.05) is 86.8 Å². The van der Waals surface area contributed by atoms with Crippen molar-refractivity contribution < 1.29 is 0 Å². The van der Waals surface area contributed by atoms with Gasteiger partial charge < -0.3 is 19.6 Å². The van der Waals surface area contributed by atoms with E-state index in [-0.39, 0.29) is 17.5 Å². The molecule has 15 rings (SSSR count). The lowest BCUT2D eigenvalue weighted by Gasteiger charge is -2.45. The van der Waals surface area contributed by atoms with Gasteiger partial charge in [-0.15, -0.1) is 22.7 Å². The number of thiophene rings is 2. The Kier molecular flexibility index (Phi) is 12.6. The van der Waals surface area contributed by atoms with Crippen molar-refractivity contribution in [1.82, 2.24) is 0 Å². The SMILES string of the molecule is Cc1ccc(N(c2ccc(C)cc2)c2cc(N3c4ccc(C(C)(C)C)cc4B4c5cc(C(C)(C)C)ccc5N(c5ccc(N(c6ccc(C)cc6)c6ccc(C)cc6)c6sc7ccccc7c56)c5cc(C)cc3c54)c3c(c2)sc2ccccc23)cc1. The topological polar surface area (TPSA) is 13.0 Å². The summed E-state index contributed by atoms with van der Waals surface area (Å²) in [5.41, 5.74) is 26.5. The molecule has 86 heavy (non-hydrogen) atoms. The summed E-state index contributed by atoms with van der Waals surface area (Å²) in [6, 6.07) is 83.8. The second-order valence-corrected chi connectivity index (χ2v) is 28.4. The molecular weight excluding hydrogens is 1080 g/mol. The molecule has 2 aliphatic rings. The van der Waals surface area contributed by atoms with Gasteiger partial charge in [0.05, 0.1) is 21.8 Å². The molecule has 0 saturated heterocycles. The fourth-order valence-electron chi connectivity index (χ4n) is 13.5. The number of aryl methyl sites for hydroxylation is 5. The summed E-state index contributed by atoms with van der Waals surface area (Å²) in [6.07, 6.45) is 0. The van der Waals surface area contributed by atoms with Crippen LogP contribution in [0.4, 0.5) is 68.2 Å². The van der Waals surface area contributed by atoms with E-state index in [0.717, 1.165) is 34.1 Å². The molecule has 0 aliphatic carbocycles. The number of hydrogen-bond acceptors (Lipinski definition) is 6. The minimum absolute atomic E-state index is 0.0789. The van der Waals surface area contributed by atoms with Crippen LogP contribution in [0.5, 0.6) is 0 Å². The molecule has 0 N–H and O–H groups in total. The summed E-state index contributed by atoms with van der Waals surface area (Å²) in [5, 5.41) is 5.03. The van der Waals surface area contributed by atoms with Crippen LogP contribution in [-0.2, 0) is 10.8 Å². The fourth-order valence-corrected chi connectivity index (χ4v) is 15.9. The van der Waals surface area contributed by atoms with Crippen molar-refractivity contribution in [3.63, 3.8) is 0 Å². The second-order valence-electron chi connectivity index (χ2n) is 26.2. The van der Waals surface area contributed by atoms with E-state index in [4.69, 9.17) is 0 Å². The quantitative estimate of drug-likeness (QED) is 0.141. The third-order valence-electron chi connectivity index (χ3n) is 18.0. The maximum atomic E-state index is 2.67. The first-order chi connectivity index (χ1) is 41.4. The highest BCUT2D eigenvalue weighted by molar-refractivity contribution is 7.26. The number of rotatable bonds is 8. The molecule has 2 aliphatic heterocycles. The molecule has 0 saturated carbocycles.